The van der Waals surface area contributed by atoms with E-state index in [1.807, 2.05) is 0 Å². The fourth-order valence-corrected chi connectivity index (χ4v) is 2.63. The normalized spacial score (nSPS) is 11.0. The molecule has 0 unspecified atom stereocenters. The molecule has 162 valence electrons. The van der Waals surface area contributed by atoms with Crippen LogP contribution in [0.1, 0.15) is 90.9 Å². The molecule has 0 aromatic rings. The molecule has 0 radical (unpaired) electrons. The Kier molecular flexibility index (Phi) is 22.8. The average Bonchev–Trinajstić information content (AvgIpc) is 2.67. The Morgan fingerprint density at radius 2 is 0.963 bits per heavy atom. The molecule has 0 fully saturated rings. The summed E-state index contributed by atoms with van der Waals surface area (Å²) in [6.07, 6.45) is 13.5. The number of carbonyl (C=O) groups is 1. The van der Waals surface area contributed by atoms with Gasteiger partial charge in [0.2, 0.25) is 0 Å². The number of hydrogen-bond acceptors (Lipinski definition) is 5. The van der Waals surface area contributed by atoms with Crippen LogP contribution in [0.5, 0.6) is 0 Å². The van der Waals surface area contributed by atoms with Crippen molar-refractivity contribution in [2.45, 2.75) is 90.9 Å². The summed E-state index contributed by atoms with van der Waals surface area (Å²) < 4.78 is 21.6. The summed E-state index contributed by atoms with van der Waals surface area (Å²) >= 11 is 0. The minimum absolute atomic E-state index is 0.121. The van der Waals surface area contributed by atoms with E-state index in [4.69, 9.17) is 18.9 Å². The molecule has 0 aliphatic heterocycles. The number of hydrogen-bond donors (Lipinski definition) is 0. The molecule has 0 aromatic heterocycles. The molecular weight excluding hydrogens is 344 g/mol. The first-order valence-corrected chi connectivity index (χ1v) is 11.2. The minimum atomic E-state index is -0.121. The van der Waals surface area contributed by atoms with Crippen LogP contribution in [0.4, 0.5) is 0 Å². The summed E-state index contributed by atoms with van der Waals surface area (Å²) in [5, 5.41) is 0. The lowest BCUT2D eigenvalue weighted by atomic mass is 10.1. The fraction of sp³-hybridized carbons (Fsp3) is 0.955. The van der Waals surface area contributed by atoms with Crippen LogP contribution in [-0.2, 0) is 23.7 Å². The monoisotopic (exact) mass is 388 g/mol. The lowest BCUT2D eigenvalue weighted by molar-refractivity contribution is -0.144. The first-order valence-electron chi connectivity index (χ1n) is 11.2. The van der Waals surface area contributed by atoms with Gasteiger partial charge in [-0.3, -0.25) is 4.79 Å². The molecule has 0 amide bonds. The van der Waals surface area contributed by atoms with Gasteiger partial charge in [0.15, 0.2) is 0 Å². The van der Waals surface area contributed by atoms with E-state index < -0.39 is 0 Å². The third kappa shape index (κ3) is 23.3. The van der Waals surface area contributed by atoms with E-state index in [2.05, 4.69) is 13.8 Å². The van der Waals surface area contributed by atoms with Crippen molar-refractivity contribution in [3.05, 3.63) is 0 Å². The smallest absolute Gasteiger partial charge is 0.305 e. The lowest BCUT2D eigenvalue weighted by Crippen LogP contribution is -2.11. The first kappa shape index (κ1) is 26.4. The zero-order valence-electron chi connectivity index (χ0n) is 18.0. The van der Waals surface area contributed by atoms with Gasteiger partial charge in [0.1, 0.15) is 0 Å². The van der Waals surface area contributed by atoms with Gasteiger partial charge in [0, 0.05) is 19.6 Å². The minimum Gasteiger partial charge on any atom is -0.466 e. The number of ether oxygens (including phenoxy) is 4. The molecule has 0 aliphatic carbocycles. The highest BCUT2D eigenvalue weighted by Gasteiger charge is 2.02. The highest BCUT2D eigenvalue weighted by molar-refractivity contribution is 5.69. The third-order valence-corrected chi connectivity index (χ3v) is 4.32. The molecule has 0 N–H and O–H groups in total. The Balaban J connectivity index is 3.07. The first-order chi connectivity index (χ1) is 13.3. The molecular formula is C22H44O5. The number of rotatable bonds is 22. The predicted molar refractivity (Wildman–Crippen MR) is 110 cm³/mol. The van der Waals surface area contributed by atoms with Crippen LogP contribution in [0.2, 0.25) is 0 Å². The van der Waals surface area contributed by atoms with E-state index in [1.54, 1.807) is 0 Å². The van der Waals surface area contributed by atoms with E-state index in [1.165, 1.54) is 38.5 Å². The van der Waals surface area contributed by atoms with Gasteiger partial charge in [-0.15, -0.1) is 0 Å². The van der Waals surface area contributed by atoms with Crippen LogP contribution in [0.3, 0.4) is 0 Å². The van der Waals surface area contributed by atoms with Crippen molar-refractivity contribution in [1.29, 1.82) is 0 Å². The van der Waals surface area contributed by atoms with Gasteiger partial charge >= 0.3 is 5.97 Å². The van der Waals surface area contributed by atoms with E-state index in [0.29, 0.717) is 52.5 Å². The van der Waals surface area contributed by atoms with Crippen molar-refractivity contribution in [2.75, 3.05) is 46.2 Å². The van der Waals surface area contributed by atoms with Gasteiger partial charge in [0.05, 0.1) is 33.0 Å². The second-order valence-electron chi connectivity index (χ2n) is 6.99. The average molecular weight is 389 g/mol. The second-order valence-corrected chi connectivity index (χ2v) is 6.99. The summed E-state index contributed by atoms with van der Waals surface area (Å²) in [7, 11) is 0. The summed E-state index contributed by atoms with van der Waals surface area (Å²) in [6.45, 7) is 8.73. The Morgan fingerprint density at radius 1 is 0.519 bits per heavy atom. The van der Waals surface area contributed by atoms with Gasteiger partial charge in [0.25, 0.3) is 0 Å². The van der Waals surface area contributed by atoms with Crippen LogP contribution >= 0.6 is 0 Å². The molecule has 0 bridgehead atoms. The molecule has 0 rings (SSSR count). The molecule has 0 spiro atoms. The summed E-state index contributed by atoms with van der Waals surface area (Å²) in [6, 6.07) is 0. The summed E-state index contributed by atoms with van der Waals surface area (Å²) in [4.78, 5) is 11.5. The molecule has 27 heavy (non-hydrogen) atoms. The van der Waals surface area contributed by atoms with Crippen LogP contribution < -0.4 is 0 Å². The van der Waals surface area contributed by atoms with Gasteiger partial charge in [-0.1, -0.05) is 65.2 Å². The van der Waals surface area contributed by atoms with Crippen LogP contribution in [0.15, 0.2) is 0 Å². The molecule has 0 saturated carbocycles. The van der Waals surface area contributed by atoms with Crippen molar-refractivity contribution < 1.29 is 23.7 Å². The maximum Gasteiger partial charge on any atom is 0.305 e. The van der Waals surface area contributed by atoms with Crippen molar-refractivity contribution in [3.63, 3.8) is 0 Å². The van der Waals surface area contributed by atoms with Crippen molar-refractivity contribution in [3.8, 4) is 0 Å². The maximum atomic E-state index is 11.5. The van der Waals surface area contributed by atoms with E-state index in [-0.39, 0.29) is 5.97 Å². The Labute approximate surface area is 167 Å². The molecule has 0 saturated heterocycles. The largest absolute Gasteiger partial charge is 0.466 e. The standard InChI is InChI=1S/C22H44O5/c1-3-5-7-8-9-10-12-15-24-18-20-26-21-19-25-16-13-14-22(23)27-17-11-6-4-2/h3-21H2,1-2H3. The molecule has 0 aromatic carbocycles. The van der Waals surface area contributed by atoms with Gasteiger partial charge in [-0.25, -0.2) is 0 Å². The molecule has 5 heteroatoms. The van der Waals surface area contributed by atoms with E-state index in [9.17, 15) is 4.79 Å². The Bertz CT molecular complexity index is 296. The number of carbonyl (C=O) groups excluding carboxylic acids is 1. The SMILES string of the molecule is CCCCCCCCCOCCOCCOCCCC(=O)OCCCCC. The molecule has 0 aliphatic rings. The van der Waals surface area contributed by atoms with Gasteiger partial charge < -0.3 is 18.9 Å². The van der Waals surface area contributed by atoms with Crippen LogP contribution in [-0.4, -0.2) is 52.2 Å². The zero-order chi connectivity index (χ0) is 19.8. The molecule has 5 nitrogen and oxygen atoms in total. The Morgan fingerprint density at radius 3 is 1.59 bits per heavy atom. The zero-order valence-corrected chi connectivity index (χ0v) is 18.0. The maximum absolute atomic E-state index is 11.5. The van der Waals surface area contributed by atoms with E-state index >= 15 is 0 Å². The van der Waals surface area contributed by atoms with Gasteiger partial charge in [-0.05, 0) is 19.3 Å². The van der Waals surface area contributed by atoms with Crippen LogP contribution in [0, 0.1) is 0 Å². The number of unbranched alkanes of at least 4 members (excludes halogenated alkanes) is 8. The predicted octanol–water partition coefficient (Wildman–Crippen LogP) is 5.30. The summed E-state index contributed by atoms with van der Waals surface area (Å²) in [5.41, 5.74) is 0. The highest BCUT2D eigenvalue weighted by atomic mass is 16.5. The highest BCUT2D eigenvalue weighted by Crippen LogP contribution is 2.06. The van der Waals surface area contributed by atoms with Crippen molar-refractivity contribution in [2.24, 2.45) is 0 Å². The van der Waals surface area contributed by atoms with Crippen molar-refractivity contribution >= 4 is 5.97 Å². The van der Waals surface area contributed by atoms with Crippen LogP contribution in [0.25, 0.3) is 0 Å². The lowest BCUT2D eigenvalue weighted by Gasteiger charge is -2.07. The van der Waals surface area contributed by atoms with E-state index in [0.717, 1.165) is 32.3 Å². The summed E-state index contributed by atoms with van der Waals surface area (Å²) in [5.74, 6) is -0.121. The molecule has 0 heterocycles. The van der Waals surface area contributed by atoms with Gasteiger partial charge in [-0.2, -0.15) is 0 Å². The molecule has 0 atom stereocenters. The number of esters is 1. The third-order valence-electron chi connectivity index (χ3n) is 4.32. The fourth-order valence-electron chi connectivity index (χ4n) is 2.63. The Hall–Kier alpha value is -0.650. The van der Waals surface area contributed by atoms with Crippen molar-refractivity contribution in [1.82, 2.24) is 0 Å². The topological polar surface area (TPSA) is 54.0 Å². The quantitative estimate of drug-likeness (QED) is 0.186. The second kappa shape index (κ2) is 23.4.